The summed E-state index contributed by atoms with van der Waals surface area (Å²) in [4.78, 5) is 6.52. The Bertz CT molecular complexity index is 361. The number of hydrogen-bond donors (Lipinski definition) is 1. The van der Waals surface area contributed by atoms with Crippen LogP contribution in [0, 0.1) is 0 Å². The fraction of sp³-hybridized carbons (Fsp3) is 0.562. The molecule has 0 atom stereocenters. The van der Waals surface area contributed by atoms with Gasteiger partial charge in [-0.25, -0.2) is 0 Å². The highest BCUT2D eigenvalue weighted by atomic mass is 127. The van der Waals surface area contributed by atoms with Crippen molar-refractivity contribution in [3.8, 4) is 0 Å². The number of hydrogen-bond acceptors (Lipinski definition) is 1. The molecule has 1 aromatic rings. The zero-order valence-electron chi connectivity index (χ0n) is 12.7. The molecule has 0 saturated heterocycles. The minimum atomic E-state index is 0. The molecule has 2 N–H and O–H groups in total. The van der Waals surface area contributed by atoms with Crippen LogP contribution in [0.3, 0.4) is 0 Å². The lowest BCUT2D eigenvalue weighted by molar-refractivity contribution is 0.457. The molecule has 4 heteroatoms. The number of unbranched alkanes of at least 4 members (excludes halogenated alkanes) is 2. The van der Waals surface area contributed by atoms with Gasteiger partial charge >= 0.3 is 0 Å². The van der Waals surface area contributed by atoms with E-state index < -0.39 is 0 Å². The summed E-state index contributed by atoms with van der Waals surface area (Å²) in [6, 6.07) is 10.6. The molecule has 1 rings (SSSR count). The third-order valence-corrected chi connectivity index (χ3v) is 3.33. The highest BCUT2D eigenvalue weighted by Gasteiger charge is 2.00. The van der Waals surface area contributed by atoms with E-state index in [1.165, 1.54) is 18.4 Å². The first-order chi connectivity index (χ1) is 9.27. The van der Waals surface area contributed by atoms with Crippen LogP contribution in [0.25, 0.3) is 0 Å². The van der Waals surface area contributed by atoms with Crippen LogP contribution in [0.1, 0.15) is 38.7 Å². The van der Waals surface area contributed by atoms with Crippen LogP contribution in [0.15, 0.2) is 35.3 Å². The predicted octanol–water partition coefficient (Wildman–Crippen LogP) is 3.67. The molecule has 0 aliphatic carbocycles. The lowest BCUT2D eigenvalue weighted by Crippen LogP contribution is -2.37. The number of halogens is 1. The van der Waals surface area contributed by atoms with Crippen molar-refractivity contribution in [2.45, 2.75) is 39.5 Å². The van der Waals surface area contributed by atoms with Crippen molar-refractivity contribution in [3.05, 3.63) is 35.9 Å². The number of benzene rings is 1. The van der Waals surface area contributed by atoms with E-state index in [0.29, 0.717) is 5.96 Å². The van der Waals surface area contributed by atoms with Crippen LogP contribution in [-0.2, 0) is 6.42 Å². The van der Waals surface area contributed by atoms with Crippen molar-refractivity contribution >= 4 is 29.9 Å². The molecule has 0 unspecified atom stereocenters. The fourth-order valence-corrected chi connectivity index (χ4v) is 2.10. The highest BCUT2D eigenvalue weighted by molar-refractivity contribution is 14.0. The molecule has 20 heavy (non-hydrogen) atoms. The first kappa shape index (κ1) is 19.2. The summed E-state index contributed by atoms with van der Waals surface area (Å²) in [7, 11) is 0. The van der Waals surface area contributed by atoms with Gasteiger partial charge in [-0.15, -0.1) is 24.0 Å². The average molecular weight is 389 g/mol. The molecular formula is C16H28IN3. The number of nitrogens with two attached hydrogens (primary N) is 1. The standard InChI is InChI=1S/C16H27N3.HI/c1-3-19(4-2)16(17)18-14-10-6-9-13-15-11-7-5-8-12-15;/h5,7-8,11-12H,3-4,6,9-10,13-14H2,1-2H3,(H2,17,18);1H. The molecule has 1 aromatic carbocycles. The third kappa shape index (κ3) is 7.72. The van der Waals surface area contributed by atoms with Crippen molar-refractivity contribution in [1.82, 2.24) is 4.90 Å². The van der Waals surface area contributed by atoms with Gasteiger partial charge in [0.05, 0.1) is 0 Å². The molecule has 0 aliphatic heterocycles. The van der Waals surface area contributed by atoms with E-state index in [2.05, 4.69) is 54.1 Å². The van der Waals surface area contributed by atoms with Crippen LogP contribution >= 0.6 is 24.0 Å². The van der Waals surface area contributed by atoms with Gasteiger partial charge in [-0.05, 0) is 38.7 Å². The number of guanidine groups is 1. The van der Waals surface area contributed by atoms with E-state index in [9.17, 15) is 0 Å². The predicted molar refractivity (Wildman–Crippen MR) is 98.8 cm³/mol. The third-order valence-electron chi connectivity index (χ3n) is 3.33. The Balaban J connectivity index is 0.00000361. The second kappa shape index (κ2) is 12.0. The van der Waals surface area contributed by atoms with Gasteiger partial charge in [-0.2, -0.15) is 0 Å². The number of rotatable bonds is 8. The molecule has 0 bridgehead atoms. The molecule has 0 fully saturated rings. The Morgan fingerprint density at radius 2 is 1.70 bits per heavy atom. The molecule has 0 amide bonds. The summed E-state index contributed by atoms with van der Waals surface area (Å²) < 4.78 is 0. The average Bonchev–Trinajstić information content (AvgIpc) is 2.45. The largest absolute Gasteiger partial charge is 0.370 e. The quantitative estimate of drug-likeness (QED) is 0.319. The maximum absolute atomic E-state index is 5.92. The van der Waals surface area contributed by atoms with Gasteiger partial charge in [-0.1, -0.05) is 36.8 Å². The lowest BCUT2D eigenvalue weighted by atomic mass is 10.1. The SMILES string of the molecule is CCN(CC)C(N)=NCCCCCc1ccccc1.I. The second-order valence-corrected chi connectivity index (χ2v) is 4.71. The van der Waals surface area contributed by atoms with Gasteiger partial charge < -0.3 is 10.6 Å². The van der Waals surface area contributed by atoms with Crippen molar-refractivity contribution in [1.29, 1.82) is 0 Å². The van der Waals surface area contributed by atoms with Crippen molar-refractivity contribution in [2.24, 2.45) is 10.7 Å². The Morgan fingerprint density at radius 3 is 2.30 bits per heavy atom. The van der Waals surface area contributed by atoms with Gasteiger partial charge in [0.15, 0.2) is 5.96 Å². The smallest absolute Gasteiger partial charge is 0.191 e. The van der Waals surface area contributed by atoms with Crippen molar-refractivity contribution < 1.29 is 0 Å². The van der Waals surface area contributed by atoms with Gasteiger partial charge in [-0.3, -0.25) is 4.99 Å². The molecule has 0 saturated carbocycles. The Morgan fingerprint density at radius 1 is 1.05 bits per heavy atom. The highest BCUT2D eigenvalue weighted by Crippen LogP contribution is 2.06. The maximum Gasteiger partial charge on any atom is 0.191 e. The zero-order chi connectivity index (χ0) is 13.9. The van der Waals surface area contributed by atoms with Crippen LogP contribution in [0.5, 0.6) is 0 Å². The van der Waals surface area contributed by atoms with Crippen LogP contribution in [0.2, 0.25) is 0 Å². The molecule has 0 aliphatic rings. The molecule has 0 aromatic heterocycles. The second-order valence-electron chi connectivity index (χ2n) is 4.71. The van der Waals surface area contributed by atoms with Crippen molar-refractivity contribution in [2.75, 3.05) is 19.6 Å². The lowest BCUT2D eigenvalue weighted by Gasteiger charge is -2.19. The number of aliphatic imine (C=N–C) groups is 1. The van der Waals surface area contributed by atoms with Gasteiger partial charge in [0.1, 0.15) is 0 Å². The fourth-order valence-electron chi connectivity index (χ4n) is 2.10. The normalized spacial score (nSPS) is 11.0. The molecule has 0 heterocycles. The van der Waals surface area contributed by atoms with Crippen molar-refractivity contribution in [3.63, 3.8) is 0 Å². The summed E-state index contributed by atoms with van der Waals surface area (Å²) in [5.74, 6) is 0.688. The topological polar surface area (TPSA) is 41.6 Å². The Kier molecular flexibility index (Phi) is 11.5. The molecule has 0 spiro atoms. The van der Waals surface area contributed by atoms with Gasteiger partial charge in [0.25, 0.3) is 0 Å². The van der Waals surface area contributed by atoms with E-state index in [1.807, 2.05) is 0 Å². The molecule has 0 radical (unpaired) electrons. The monoisotopic (exact) mass is 389 g/mol. The number of aryl methyl sites for hydroxylation is 1. The summed E-state index contributed by atoms with van der Waals surface area (Å²) in [6.45, 7) is 6.91. The van der Waals surface area contributed by atoms with Crippen LogP contribution in [0.4, 0.5) is 0 Å². The minimum absolute atomic E-state index is 0. The first-order valence-electron chi connectivity index (χ1n) is 7.36. The summed E-state index contributed by atoms with van der Waals surface area (Å²) in [5, 5.41) is 0. The van der Waals surface area contributed by atoms with E-state index in [-0.39, 0.29) is 24.0 Å². The van der Waals surface area contributed by atoms with E-state index in [4.69, 9.17) is 5.73 Å². The maximum atomic E-state index is 5.92. The minimum Gasteiger partial charge on any atom is -0.370 e. The van der Waals surface area contributed by atoms with E-state index in [0.717, 1.165) is 32.5 Å². The molecule has 114 valence electrons. The van der Waals surface area contributed by atoms with Gasteiger partial charge in [0.2, 0.25) is 0 Å². The summed E-state index contributed by atoms with van der Waals surface area (Å²) >= 11 is 0. The van der Waals surface area contributed by atoms with E-state index in [1.54, 1.807) is 0 Å². The van der Waals surface area contributed by atoms with Crippen LogP contribution < -0.4 is 5.73 Å². The van der Waals surface area contributed by atoms with Crippen LogP contribution in [-0.4, -0.2) is 30.5 Å². The zero-order valence-corrected chi connectivity index (χ0v) is 15.0. The summed E-state index contributed by atoms with van der Waals surface area (Å²) in [5.41, 5.74) is 7.35. The Labute approximate surface area is 140 Å². The molecular weight excluding hydrogens is 361 g/mol. The van der Waals surface area contributed by atoms with Gasteiger partial charge in [0, 0.05) is 19.6 Å². The summed E-state index contributed by atoms with van der Waals surface area (Å²) in [6.07, 6.45) is 4.72. The number of nitrogens with zero attached hydrogens (tertiary/aromatic N) is 2. The molecule has 3 nitrogen and oxygen atoms in total. The van der Waals surface area contributed by atoms with E-state index >= 15 is 0 Å². The Hall–Kier alpha value is -0.780. The first-order valence-corrected chi connectivity index (χ1v) is 7.36.